The number of morpholine rings is 2. The monoisotopic (exact) mass is 643 g/mol. The highest BCUT2D eigenvalue weighted by Gasteiger charge is 2.26. The molecular formula is C37H45N3O5S. The van der Waals surface area contributed by atoms with E-state index >= 15 is 0 Å². The average molecular weight is 644 g/mol. The molecule has 2 aliphatic heterocycles. The van der Waals surface area contributed by atoms with Crippen LogP contribution in [-0.2, 0) is 14.3 Å². The minimum Gasteiger partial charge on any atom is -0.440 e. The fourth-order valence-corrected chi connectivity index (χ4v) is 7.23. The van der Waals surface area contributed by atoms with Gasteiger partial charge < -0.3 is 24.1 Å². The van der Waals surface area contributed by atoms with E-state index in [1.807, 2.05) is 71.9 Å². The summed E-state index contributed by atoms with van der Waals surface area (Å²) in [5.74, 6) is 0.554. The van der Waals surface area contributed by atoms with Crippen LogP contribution < -0.4 is 15.6 Å². The summed E-state index contributed by atoms with van der Waals surface area (Å²) < 4.78 is 19.8. The van der Waals surface area contributed by atoms with E-state index in [-0.39, 0.29) is 23.5 Å². The maximum Gasteiger partial charge on any atom is 0.241 e. The van der Waals surface area contributed by atoms with Crippen LogP contribution in [0.3, 0.4) is 0 Å². The van der Waals surface area contributed by atoms with Crippen molar-refractivity contribution in [1.29, 1.82) is 0 Å². The molecule has 1 N–H and O–H groups in total. The second kappa shape index (κ2) is 15.2. The number of amides is 1. The summed E-state index contributed by atoms with van der Waals surface area (Å²) in [6, 6.07) is 19.4. The number of carbonyl (C=O) groups is 1. The number of hydrogen-bond acceptors (Lipinski definition) is 8. The zero-order chi connectivity index (χ0) is 32.8. The zero-order valence-electron chi connectivity index (χ0n) is 27.7. The van der Waals surface area contributed by atoms with E-state index in [2.05, 4.69) is 39.4 Å². The highest BCUT2D eigenvalue weighted by molar-refractivity contribution is 7.26. The Kier molecular flexibility index (Phi) is 11.1. The molecule has 8 nitrogen and oxygen atoms in total. The maximum atomic E-state index is 13.2. The Hall–Kier alpha value is -3.76. The van der Waals surface area contributed by atoms with E-state index in [1.165, 1.54) is 0 Å². The van der Waals surface area contributed by atoms with Gasteiger partial charge in [-0.25, -0.2) is 0 Å². The summed E-state index contributed by atoms with van der Waals surface area (Å²) in [5, 5.41) is 5.88. The minimum absolute atomic E-state index is 0.0227. The third-order valence-electron chi connectivity index (χ3n) is 8.32. The number of ether oxygens (including phenoxy) is 2. The van der Waals surface area contributed by atoms with Crippen molar-refractivity contribution < 1.29 is 18.7 Å². The fraction of sp³-hybridized carbons (Fsp3) is 0.405. The Morgan fingerprint density at radius 1 is 0.891 bits per heavy atom. The van der Waals surface area contributed by atoms with Gasteiger partial charge in [-0.15, -0.1) is 11.3 Å². The highest BCUT2D eigenvalue weighted by atomic mass is 32.1. The van der Waals surface area contributed by atoms with Crippen LogP contribution >= 0.6 is 11.3 Å². The second-order valence-electron chi connectivity index (χ2n) is 11.1. The summed E-state index contributed by atoms with van der Waals surface area (Å²) in [7, 11) is 0. The highest BCUT2D eigenvalue weighted by Crippen LogP contribution is 2.42. The van der Waals surface area contributed by atoms with Gasteiger partial charge in [0.25, 0.3) is 0 Å². The summed E-state index contributed by atoms with van der Waals surface area (Å²) in [6.07, 6.45) is 0.123. The molecule has 2 saturated heterocycles. The molecule has 9 heteroatoms. The van der Waals surface area contributed by atoms with E-state index in [0.29, 0.717) is 49.8 Å². The first-order chi connectivity index (χ1) is 22.5. The lowest BCUT2D eigenvalue weighted by molar-refractivity contribution is -0.123. The van der Waals surface area contributed by atoms with Gasteiger partial charge in [0.2, 0.25) is 5.91 Å². The number of rotatable bonds is 5. The number of hydrogen-bond donors (Lipinski definition) is 1. The number of nitrogens with zero attached hydrogens (tertiary/aromatic N) is 2. The zero-order valence-corrected chi connectivity index (χ0v) is 28.5. The molecule has 0 radical (unpaired) electrons. The van der Waals surface area contributed by atoms with E-state index in [0.717, 1.165) is 50.1 Å². The molecule has 2 atom stereocenters. The van der Waals surface area contributed by atoms with Gasteiger partial charge in [0.15, 0.2) is 11.3 Å². The largest absolute Gasteiger partial charge is 0.440 e. The van der Waals surface area contributed by atoms with Gasteiger partial charge in [-0.3, -0.25) is 14.5 Å². The molecule has 2 unspecified atom stereocenters. The van der Waals surface area contributed by atoms with Crippen LogP contribution in [0.2, 0.25) is 0 Å². The Morgan fingerprint density at radius 2 is 1.61 bits per heavy atom. The van der Waals surface area contributed by atoms with Gasteiger partial charge in [0.05, 0.1) is 37.4 Å². The number of thiophene rings is 1. The molecule has 7 rings (SSSR count). The van der Waals surface area contributed by atoms with Crippen LogP contribution in [0.15, 0.2) is 69.9 Å². The number of para-hydroxylation sites is 1. The van der Waals surface area contributed by atoms with E-state index in [1.54, 1.807) is 17.4 Å². The molecule has 3 aromatic carbocycles. The summed E-state index contributed by atoms with van der Waals surface area (Å²) in [4.78, 5) is 30.5. The molecule has 1 amide bonds. The molecule has 4 heterocycles. The van der Waals surface area contributed by atoms with Crippen molar-refractivity contribution >= 4 is 60.0 Å². The van der Waals surface area contributed by atoms with Crippen LogP contribution in [0.1, 0.15) is 41.5 Å². The summed E-state index contributed by atoms with van der Waals surface area (Å²) in [5.41, 5.74) is 3.22. The third-order valence-corrected chi connectivity index (χ3v) is 9.54. The van der Waals surface area contributed by atoms with Crippen LogP contribution in [0.25, 0.3) is 42.3 Å². The molecule has 0 aliphatic carbocycles. The smallest absolute Gasteiger partial charge is 0.241 e. The van der Waals surface area contributed by atoms with Crippen LogP contribution in [0.5, 0.6) is 0 Å². The Morgan fingerprint density at radius 3 is 2.35 bits per heavy atom. The van der Waals surface area contributed by atoms with Gasteiger partial charge in [-0.05, 0) is 38.1 Å². The lowest BCUT2D eigenvalue weighted by atomic mass is 10.0. The molecule has 2 aromatic heterocycles. The van der Waals surface area contributed by atoms with Crippen molar-refractivity contribution in [2.45, 2.75) is 53.7 Å². The predicted molar refractivity (Wildman–Crippen MR) is 192 cm³/mol. The number of fused-ring (bicyclic) bond motifs is 4. The van der Waals surface area contributed by atoms with Crippen molar-refractivity contribution in [1.82, 2.24) is 4.90 Å². The second-order valence-corrected chi connectivity index (χ2v) is 12.1. The number of carbonyl (C=O) groups excluding carboxylic acids is 1. The van der Waals surface area contributed by atoms with Gasteiger partial charge in [0, 0.05) is 69.2 Å². The Balaban J connectivity index is 0.00000100. The quantitative estimate of drug-likeness (QED) is 0.210. The molecule has 5 aromatic rings. The van der Waals surface area contributed by atoms with Crippen molar-refractivity contribution in [3.05, 3.63) is 70.9 Å². The molecule has 0 saturated carbocycles. The first kappa shape index (κ1) is 33.6. The van der Waals surface area contributed by atoms with Crippen molar-refractivity contribution in [2.24, 2.45) is 0 Å². The summed E-state index contributed by atoms with van der Waals surface area (Å²) >= 11 is 1.70. The maximum absolute atomic E-state index is 13.2. The number of anilines is 2. The van der Waals surface area contributed by atoms with Crippen LogP contribution in [0.4, 0.5) is 11.6 Å². The van der Waals surface area contributed by atoms with E-state index in [9.17, 15) is 9.59 Å². The molecular weight excluding hydrogens is 598 g/mol. The molecule has 0 bridgehead atoms. The standard InChI is InChI=1S/C33H33N3O5S.2C2H6/c1-20-19-36(13-16-40-20)21(2)33(38)34-22-9-10-29-27(17-22)25-7-4-6-24(32(25)42-29)23-5-3-8-26-28(37)18-30(41-31(23)26)35-11-14-39-15-12-35;2*1-2/h3-10,17-18,20-21H,11-16,19H2,1-2H3,(H,34,38);2*1-2H3. The summed E-state index contributed by atoms with van der Waals surface area (Å²) in [6.45, 7) is 16.7. The van der Waals surface area contributed by atoms with Gasteiger partial charge in [-0.2, -0.15) is 0 Å². The van der Waals surface area contributed by atoms with Gasteiger partial charge >= 0.3 is 0 Å². The first-order valence-corrected chi connectivity index (χ1v) is 17.3. The Labute approximate surface area is 274 Å². The van der Waals surface area contributed by atoms with E-state index in [4.69, 9.17) is 13.9 Å². The number of nitrogens with one attached hydrogen (secondary N) is 1. The lowest BCUT2D eigenvalue weighted by Crippen LogP contribution is -2.50. The first-order valence-electron chi connectivity index (χ1n) is 16.5. The normalized spacial score (nSPS) is 17.6. The van der Waals surface area contributed by atoms with Gasteiger partial charge in [-0.1, -0.05) is 58.0 Å². The molecule has 46 heavy (non-hydrogen) atoms. The van der Waals surface area contributed by atoms with E-state index < -0.39 is 0 Å². The fourth-order valence-electron chi connectivity index (χ4n) is 6.01. The number of benzene rings is 3. The predicted octanol–water partition coefficient (Wildman–Crippen LogP) is 7.76. The van der Waals surface area contributed by atoms with Crippen molar-refractivity contribution in [3.8, 4) is 11.1 Å². The molecule has 0 spiro atoms. The minimum atomic E-state index is -0.249. The molecule has 2 aliphatic rings. The SMILES string of the molecule is CC.CC.CC1CN(C(C)C(=O)Nc2ccc3sc4c(-c5cccc6c(=O)cc(N7CCOCC7)oc56)cccc4c3c2)CCO1. The molecule has 244 valence electrons. The van der Waals surface area contributed by atoms with Crippen LogP contribution in [0, 0.1) is 0 Å². The third kappa shape index (κ3) is 6.83. The lowest BCUT2D eigenvalue weighted by Gasteiger charge is -2.34. The average Bonchev–Trinajstić information content (AvgIpc) is 3.48. The van der Waals surface area contributed by atoms with Gasteiger partial charge in [0.1, 0.15) is 5.58 Å². The van der Waals surface area contributed by atoms with Crippen LogP contribution in [-0.4, -0.2) is 69.0 Å². The Bertz CT molecular complexity index is 1860. The topological polar surface area (TPSA) is 84.3 Å². The van der Waals surface area contributed by atoms with Crippen molar-refractivity contribution in [2.75, 3.05) is 56.2 Å². The van der Waals surface area contributed by atoms with Crippen molar-refractivity contribution in [3.63, 3.8) is 0 Å². The molecule has 2 fully saturated rings.